The van der Waals surface area contributed by atoms with Gasteiger partial charge in [0.15, 0.2) is 5.72 Å². The Morgan fingerprint density at radius 1 is 1.17 bits per heavy atom. The van der Waals surface area contributed by atoms with Crippen LogP contribution in [0, 0.1) is 0 Å². The number of ether oxygens (including phenoxy) is 1. The van der Waals surface area contributed by atoms with Crippen molar-refractivity contribution >= 4 is 39.5 Å². The summed E-state index contributed by atoms with van der Waals surface area (Å²) in [6.45, 7) is 3.91. The highest BCUT2D eigenvalue weighted by atomic mass is 35.5. The zero-order valence-corrected chi connectivity index (χ0v) is 17.2. The predicted molar refractivity (Wildman–Crippen MR) is 113 cm³/mol. The van der Waals surface area contributed by atoms with Gasteiger partial charge in [-0.05, 0) is 29.8 Å². The fourth-order valence-corrected chi connectivity index (χ4v) is 4.97. The molecule has 9 heteroatoms. The van der Waals surface area contributed by atoms with Crippen molar-refractivity contribution in [1.82, 2.24) is 4.31 Å². The van der Waals surface area contributed by atoms with Crippen LogP contribution in [0.1, 0.15) is 18.4 Å². The van der Waals surface area contributed by atoms with Gasteiger partial charge >= 0.3 is 6.09 Å². The second-order valence-corrected chi connectivity index (χ2v) is 9.05. The molecule has 1 heterocycles. The highest BCUT2D eigenvalue weighted by Crippen LogP contribution is 2.29. The molecule has 0 atom stereocenters. The number of carbonyl (C=O) groups is 1. The van der Waals surface area contributed by atoms with Gasteiger partial charge in [0, 0.05) is 31.6 Å². The Labute approximate surface area is 175 Å². The highest BCUT2D eigenvalue weighted by Gasteiger charge is 2.39. The molecule has 29 heavy (non-hydrogen) atoms. The number of halogens is 1. The molecule has 154 valence electrons. The Kier molecular flexibility index (Phi) is 6.28. The van der Waals surface area contributed by atoms with Crippen molar-refractivity contribution < 1.29 is 17.9 Å². The number of sulfonamides is 1. The summed E-state index contributed by atoms with van der Waals surface area (Å²) in [6, 6.07) is 13.3. The molecule has 3 N–H and O–H groups in total. The minimum absolute atomic E-state index is 0.0489. The van der Waals surface area contributed by atoms with Gasteiger partial charge < -0.3 is 4.74 Å². The standard InChI is InChI=1S/C20H22ClN3O4S/c1-2-15-7-9-16(10-8-15)23-19(25)28-20(22)11-13-24(14-12-20)29(26,27)18-6-4-3-5-17(18)21/h2-10H,1,11-14,22H2,(H,23,25). The summed E-state index contributed by atoms with van der Waals surface area (Å²) in [5, 5.41) is 2.78. The minimum Gasteiger partial charge on any atom is -0.428 e. The summed E-state index contributed by atoms with van der Waals surface area (Å²) in [6.07, 6.45) is 1.33. The normalized spacial score (nSPS) is 16.8. The lowest BCUT2D eigenvalue weighted by atomic mass is 10.0. The maximum Gasteiger partial charge on any atom is 0.413 e. The Bertz CT molecular complexity index is 1000. The van der Waals surface area contributed by atoms with E-state index in [1.807, 2.05) is 0 Å². The number of piperidine rings is 1. The Morgan fingerprint density at radius 3 is 2.38 bits per heavy atom. The number of benzene rings is 2. The molecule has 0 saturated carbocycles. The lowest BCUT2D eigenvalue weighted by Gasteiger charge is -2.37. The van der Waals surface area contributed by atoms with E-state index in [1.54, 1.807) is 42.5 Å². The Morgan fingerprint density at radius 2 is 1.79 bits per heavy atom. The molecule has 1 aliphatic heterocycles. The van der Waals surface area contributed by atoms with Crippen molar-refractivity contribution in [3.8, 4) is 0 Å². The zero-order chi connectivity index (χ0) is 21.1. The van der Waals surface area contributed by atoms with Crippen molar-refractivity contribution in [3.05, 3.63) is 65.7 Å². The number of rotatable bonds is 5. The first-order chi connectivity index (χ1) is 13.7. The van der Waals surface area contributed by atoms with Crippen LogP contribution in [0.5, 0.6) is 0 Å². The van der Waals surface area contributed by atoms with Crippen molar-refractivity contribution in [1.29, 1.82) is 0 Å². The molecule has 2 aromatic carbocycles. The lowest BCUT2D eigenvalue weighted by Crippen LogP contribution is -2.54. The fraction of sp³-hybridized carbons (Fsp3) is 0.250. The average Bonchev–Trinajstić information content (AvgIpc) is 2.68. The van der Waals surface area contributed by atoms with Gasteiger partial charge in [-0.15, -0.1) is 0 Å². The number of nitrogens with two attached hydrogens (primary N) is 1. The number of hydrogen-bond donors (Lipinski definition) is 2. The van der Waals surface area contributed by atoms with E-state index in [1.165, 1.54) is 16.4 Å². The van der Waals surface area contributed by atoms with E-state index in [0.717, 1.165) is 5.56 Å². The molecule has 3 rings (SSSR count). The molecule has 1 aliphatic rings. The van der Waals surface area contributed by atoms with Gasteiger partial charge in [-0.3, -0.25) is 11.1 Å². The number of nitrogens with one attached hydrogen (secondary N) is 1. The smallest absolute Gasteiger partial charge is 0.413 e. The number of amides is 1. The monoisotopic (exact) mass is 435 g/mol. The summed E-state index contributed by atoms with van der Waals surface area (Å²) in [4.78, 5) is 12.3. The predicted octanol–water partition coefficient (Wildman–Crippen LogP) is 3.67. The third kappa shape index (κ3) is 4.97. The molecule has 0 bridgehead atoms. The van der Waals surface area contributed by atoms with Crippen LogP contribution >= 0.6 is 11.6 Å². The van der Waals surface area contributed by atoms with Gasteiger partial charge in [0.1, 0.15) is 4.90 Å². The number of carbonyl (C=O) groups excluding carboxylic acids is 1. The van der Waals surface area contributed by atoms with Gasteiger partial charge in [0.2, 0.25) is 10.0 Å². The summed E-state index contributed by atoms with van der Waals surface area (Å²) < 4.78 is 32.3. The highest BCUT2D eigenvalue weighted by molar-refractivity contribution is 7.89. The van der Waals surface area contributed by atoms with Crippen molar-refractivity contribution in [3.63, 3.8) is 0 Å². The maximum absolute atomic E-state index is 12.8. The first-order valence-electron chi connectivity index (χ1n) is 9.00. The third-order valence-corrected chi connectivity index (χ3v) is 7.11. The van der Waals surface area contributed by atoms with Crippen molar-refractivity contribution in [2.24, 2.45) is 5.73 Å². The molecule has 1 fully saturated rings. The van der Waals surface area contributed by atoms with E-state index in [2.05, 4.69) is 11.9 Å². The molecule has 7 nitrogen and oxygen atoms in total. The molecule has 2 aromatic rings. The van der Waals surface area contributed by atoms with Crippen LogP contribution in [0.15, 0.2) is 60.0 Å². The van der Waals surface area contributed by atoms with Gasteiger partial charge in [0.05, 0.1) is 5.02 Å². The van der Waals surface area contributed by atoms with Crippen LogP contribution in [0.4, 0.5) is 10.5 Å². The van der Waals surface area contributed by atoms with Crippen LogP contribution in [0.2, 0.25) is 5.02 Å². The van der Waals surface area contributed by atoms with Crippen LogP contribution < -0.4 is 11.1 Å². The van der Waals surface area contributed by atoms with Gasteiger partial charge in [-0.25, -0.2) is 13.2 Å². The third-order valence-electron chi connectivity index (χ3n) is 4.71. The maximum atomic E-state index is 12.8. The molecule has 1 amide bonds. The molecular weight excluding hydrogens is 414 g/mol. The second-order valence-electron chi connectivity index (χ2n) is 6.74. The molecule has 1 saturated heterocycles. The van der Waals surface area contributed by atoms with E-state index >= 15 is 0 Å². The molecular formula is C20H22ClN3O4S. The van der Waals surface area contributed by atoms with Crippen molar-refractivity contribution in [2.45, 2.75) is 23.5 Å². The van der Waals surface area contributed by atoms with Crippen LogP contribution in [0.25, 0.3) is 6.08 Å². The van der Waals surface area contributed by atoms with Crippen molar-refractivity contribution in [2.75, 3.05) is 18.4 Å². The van der Waals surface area contributed by atoms with E-state index in [-0.39, 0.29) is 35.8 Å². The molecule has 0 aromatic heterocycles. The summed E-state index contributed by atoms with van der Waals surface area (Å²) >= 11 is 6.04. The second kappa shape index (κ2) is 8.54. The molecule has 0 unspecified atom stereocenters. The van der Waals surface area contributed by atoms with E-state index in [9.17, 15) is 13.2 Å². The van der Waals surface area contributed by atoms with Crippen LogP contribution in [0.3, 0.4) is 0 Å². The molecule has 0 spiro atoms. The van der Waals surface area contributed by atoms with E-state index in [0.29, 0.717) is 5.69 Å². The number of hydrogen-bond acceptors (Lipinski definition) is 5. The summed E-state index contributed by atoms with van der Waals surface area (Å²) in [7, 11) is -3.74. The lowest BCUT2D eigenvalue weighted by molar-refractivity contribution is -0.0116. The summed E-state index contributed by atoms with van der Waals surface area (Å²) in [5.41, 5.74) is 6.42. The van der Waals surface area contributed by atoms with Crippen LogP contribution in [-0.2, 0) is 14.8 Å². The largest absolute Gasteiger partial charge is 0.428 e. The van der Waals surface area contributed by atoms with Gasteiger partial charge in [-0.1, -0.05) is 48.5 Å². The van der Waals surface area contributed by atoms with Crippen LogP contribution in [-0.4, -0.2) is 37.6 Å². The first kappa shape index (κ1) is 21.3. The fourth-order valence-electron chi connectivity index (χ4n) is 3.03. The van der Waals surface area contributed by atoms with Gasteiger partial charge in [-0.2, -0.15) is 4.31 Å². The zero-order valence-electron chi connectivity index (χ0n) is 15.7. The summed E-state index contributed by atoms with van der Waals surface area (Å²) in [5.74, 6) is 0. The number of anilines is 1. The number of nitrogens with zero attached hydrogens (tertiary/aromatic N) is 1. The minimum atomic E-state index is -3.74. The van der Waals surface area contributed by atoms with E-state index in [4.69, 9.17) is 22.1 Å². The SMILES string of the molecule is C=Cc1ccc(NC(=O)OC2(N)CCN(S(=O)(=O)c3ccccc3Cl)CC2)cc1. The molecule has 0 radical (unpaired) electrons. The Hall–Kier alpha value is -2.39. The first-order valence-corrected chi connectivity index (χ1v) is 10.8. The molecule has 0 aliphatic carbocycles. The quantitative estimate of drug-likeness (QED) is 0.697. The van der Waals surface area contributed by atoms with E-state index < -0.39 is 21.8 Å². The average molecular weight is 436 g/mol. The topological polar surface area (TPSA) is 102 Å². The van der Waals surface area contributed by atoms with Gasteiger partial charge in [0.25, 0.3) is 0 Å². The Balaban J connectivity index is 1.60.